The van der Waals surface area contributed by atoms with Crippen molar-refractivity contribution in [3.8, 4) is 0 Å². The molecule has 0 spiro atoms. The standard InChI is InChI=1S/C27H44O6/c1-5-32-25(31)33-24(30)9-6-16(2)19-7-8-20-18-15-23(29)22-14-17(28)10-12-27(22,4)21(18)11-13-26(19,20)3/h16-23,28-29H,5-15H2,1-4H3/t16-,17-,18+,19-,20+,21+,22+,23+,26-,27-/m1/s1. The lowest BCUT2D eigenvalue weighted by molar-refractivity contribution is -0.172. The second kappa shape index (κ2) is 9.49. The molecule has 10 atom stereocenters. The van der Waals surface area contributed by atoms with E-state index in [4.69, 9.17) is 9.47 Å². The highest BCUT2D eigenvalue weighted by atomic mass is 16.7. The first-order valence-electron chi connectivity index (χ1n) is 13.3. The summed E-state index contributed by atoms with van der Waals surface area (Å²) >= 11 is 0. The summed E-state index contributed by atoms with van der Waals surface area (Å²) in [7, 11) is 0. The Morgan fingerprint density at radius 1 is 0.970 bits per heavy atom. The van der Waals surface area contributed by atoms with Gasteiger partial charge in [-0.1, -0.05) is 20.8 Å². The average molecular weight is 465 g/mol. The van der Waals surface area contributed by atoms with Gasteiger partial charge in [-0.05, 0) is 111 Å². The van der Waals surface area contributed by atoms with Crippen LogP contribution >= 0.6 is 0 Å². The van der Waals surface area contributed by atoms with Gasteiger partial charge in [0.1, 0.15) is 0 Å². The van der Waals surface area contributed by atoms with Crippen molar-refractivity contribution >= 4 is 12.1 Å². The largest absolute Gasteiger partial charge is 0.516 e. The smallest absolute Gasteiger partial charge is 0.434 e. The van der Waals surface area contributed by atoms with Crippen LogP contribution in [-0.2, 0) is 14.3 Å². The van der Waals surface area contributed by atoms with Crippen LogP contribution in [0.4, 0.5) is 4.79 Å². The highest BCUT2D eigenvalue weighted by Gasteiger charge is 2.62. The molecule has 0 radical (unpaired) electrons. The number of rotatable bonds is 5. The third-order valence-corrected chi connectivity index (χ3v) is 10.7. The molecule has 4 aliphatic carbocycles. The Hall–Kier alpha value is -1.14. The summed E-state index contributed by atoms with van der Waals surface area (Å²) in [6.07, 6.45) is 7.83. The Morgan fingerprint density at radius 3 is 2.39 bits per heavy atom. The van der Waals surface area contributed by atoms with Gasteiger partial charge in [0.05, 0.1) is 18.8 Å². The first-order valence-corrected chi connectivity index (χ1v) is 13.3. The molecule has 4 aliphatic rings. The maximum absolute atomic E-state index is 12.1. The van der Waals surface area contributed by atoms with E-state index in [0.29, 0.717) is 29.6 Å². The molecule has 0 unspecified atom stereocenters. The normalized spacial score (nSPS) is 45.3. The third-order valence-electron chi connectivity index (χ3n) is 10.7. The van der Waals surface area contributed by atoms with E-state index in [0.717, 1.165) is 32.1 Å². The number of aliphatic hydroxyl groups excluding tert-OH is 2. The summed E-state index contributed by atoms with van der Waals surface area (Å²) in [6.45, 7) is 8.99. The van der Waals surface area contributed by atoms with Gasteiger partial charge in [-0.25, -0.2) is 4.79 Å². The minimum atomic E-state index is -0.903. The van der Waals surface area contributed by atoms with Gasteiger partial charge in [0.25, 0.3) is 0 Å². The predicted octanol–water partition coefficient (Wildman–Crippen LogP) is 5.09. The highest BCUT2D eigenvalue weighted by molar-refractivity contribution is 5.81. The molecule has 2 N–H and O–H groups in total. The fraction of sp³-hybridized carbons (Fsp3) is 0.926. The molecule has 6 nitrogen and oxygen atoms in total. The van der Waals surface area contributed by atoms with E-state index >= 15 is 0 Å². The van der Waals surface area contributed by atoms with Gasteiger partial charge in [0.15, 0.2) is 0 Å². The molecule has 0 aromatic carbocycles. The van der Waals surface area contributed by atoms with E-state index in [1.165, 1.54) is 25.7 Å². The second-order valence-corrected chi connectivity index (χ2v) is 12.1. The van der Waals surface area contributed by atoms with Gasteiger partial charge >= 0.3 is 12.1 Å². The van der Waals surface area contributed by atoms with Gasteiger partial charge in [0.2, 0.25) is 0 Å². The molecule has 0 aromatic heterocycles. The van der Waals surface area contributed by atoms with Crippen LogP contribution in [0.15, 0.2) is 0 Å². The molecule has 4 rings (SSSR count). The number of fused-ring (bicyclic) bond motifs is 5. The van der Waals surface area contributed by atoms with Gasteiger partial charge < -0.3 is 19.7 Å². The number of hydrogen-bond donors (Lipinski definition) is 2. The molecular formula is C27H44O6. The SMILES string of the molecule is CCOC(=O)OC(=O)CC[C@@H](C)[C@H]1CC[C@H]2[C@@H]3C[C@H](O)[C@@H]4C[C@H](O)CC[C@]4(C)[C@H]3CC[C@]12C. The summed E-state index contributed by atoms with van der Waals surface area (Å²) in [4.78, 5) is 23.5. The van der Waals surface area contributed by atoms with Crippen molar-refractivity contribution in [2.45, 2.75) is 104 Å². The zero-order valence-electron chi connectivity index (χ0n) is 20.9. The Labute approximate surface area is 198 Å². The second-order valence-electron chi connectivity index (χ2n) is 12.1. The zero-order valence-corrected chi connectivity index (χ0v) is 20.9. The van der Waals surface area contributed by atoms with Crippen molar-refractivity contribution in [1.29, 1.82) is 0 Å². The maximum atomic E-state index is 12.1. The third kappa shape index (κ3) is 4.47. The molecule has 4 saturated carbocycles. The van der Waals surface area contributed by atoms with Crippen LogP contribution < -0.4 is 0 Å². The first kappa shape index (κ1) is 25.0. The summed E-state index contributed by atoms with van der Waals surface area (Å²) in [6, 6.07) is 0. The van der Waals surface area contributed by atoms with Crippen molar-refractivity contribution in [3.63, 3.8) is 0 Å². The highest BCUT2D eigenvalue weighted by Crippen LogP contribution is 2.68. The number of ether oxygens (including phenoxy) is 2. The molecule has 4 fully saturated rings. The lowest BCUT2D eigenvalue weighted by Gasteiger charge is -2.62. The maximum Gasteiger partial charge on any atom is 0.516 e. The van der Waals surface area contributed by atoms with Crippen LogP contribution in [-0.4, -0.2) is 41.2 Å². The quantitative estimate of drug-likeness (QED) is 0.435. The van der Waals surface area contributed by atoms with E-state index in [2.05, 4.69) is 20.8 Å². The lowest BCUT2D eigenvalue weighted by atomic mass is 9.44. The van der Waals surface area contributed by atoms with E-state index in [1.54, 1.807) is 6.92 Å². The number of esters is 1. The number of carbonyl (C=O) groups is 2. The average Bonchev–Trinajstić information content (AvgIpc) is 3.11. The van der Waals surface area contributed by atoms with E-state index in [9.17, 15) is 19.8 Å². The molecular weight excluding hydrogens is 420 g/mol. The van der Waals surface area contributed by atoms with Gasteiger partial charge in [-0.2, -0.15) is 0 Å². The summed E-state index contributed by atoms with van der Waals surface area (Å²) < 4.78 is 9.44. The summed E-state index contributed by atoms with van der Waals surface area (Å²) in [5.74, 6) is 2.48. The van der Waals surface area contributed by atoms with Crippen LogP contribution in [0.2, 0.25) is 0 Å². The van der Waals surface area contributed by atoms with Gasteiger partial charge in [-0.3, -0.25) is 4.79 Å². The number of aliphatic hydroxyl groups is 2. The van der Waals surface area contributed by atoms with Crippen molar-refractivity contribution in [1.82, 2.24) is 0 Å². The Bertz CT molecular complexity index is 738. The molecule has 0 aliphatic heterocycles. The van der Waals surface area contributed by atoms with Crippen LogP contribution in [0.3, 0.4) is 0 Å². The minimum Gasteiger partial charge on any atom is -0.434 e. The van der Waals surface area contributed by atoms with Crippen LogP contribution in [0, 0.1) is 46.3 Å². The molecule has 33 heavy (non-hydrogen) atoms. The zero-order chi connectivity index (χ0) is 24.0. The molecule has 188 valence electrons. The van der Waals surface area contributed by atoms with Crippen LogP contribution in [0.25, 0.3) is 0 Å². The topological polar surface area (TPSA) is 93.1 Å². The Morgan fingerprint density at radius 2 is 1.67 bits per heavy atom. The van der Waals surface area contributed by atoms with Gasteiger partial charge in [-0.15, -0.1) is 0 Å². The summed E-state index contributed by atoms with van der Waals surface area (Å²) in [5, 5.41) is 21.4. The monoisotopic (exact) mass is 464 g/mol. The Kier molecular flexibility index (Phi) is 7.18. The van der Waals surface area contributed by atoms with E-state index in [1.807, 2.05) is 0 Å². The van der Waals surface area contributed by atoms with Crippen molar-refractivity contribution in [2.75, 3.05) is 6.61 Å². The van der Waals surface area contributed by atoms with Crippen LogP contribution in [0.5, 0.6) is 0 Å². The van der Waals surface area contributed by atoms with Crippen molar-refractivity contribution in [3.05, 3.63) is 0 Å². The molecule has 0 aromatic rings. The molecule has 0 heterocycles. The van der Waals surface area contributed by atoms with E-state index < -0.39 is 12.1 Å². The number of hydrogen-bond acceptors (Lipinski definition) is 6. The minimum absolute atomic E-state index is 0.142. The Balaban J connectivity index is 1.41. The van der Waals surface area contributed by atoms with Crippen LogP contribution in [0.1, 0.15) is 91.9 Å². The molecule has 6 heteroatoms. The lowest BCUT2D eigenvalue weighted by Crippen LogP contribution is -2.58. The molecule has 0 amide bonds. The van der Waals surface area contributed by atoms with Gasteiger partial charge in [0, 0.05) is 6.42 Å². The van der Waals surface area contributed by atoms with E-state index in [-0.39, 0.29) is 42.0 Å². The number of carbonyl (C=O) groups excluding carboxylic acids is 2. The fourth-order valence-electron chi connectivity index (χ4n) is 9.09. The molecule has 0 saturated heterocycles. The molecule has 0 bridgehead atoms. The van der Waals surface area contributed by atoms with Crippen molar-refractivity contribution < 1.29 is 29.3 Å². The first-order chi connectivity index (χ1) is 15.6. The van der Waals surface area contributed by atoms with Crippen molar-refractivity contribution in [2.24, 2.45) is 46.3 Å². The summed E-state index contributed by atoms with van der Waals surface area (Å²) in [5.41, 5.74) is 0.381. The fourth-order valence-corrected chi connectivity index (χ4v) is 9.09. The predicted molar refractivity (Wildman–Crippen MR) is 124 cm³/mol.